The van der Waals surface area contributed by atoms with E-state index >= 15 is 0 Å². The smallest absolute Gasteiger partial charge is 0.240 e. The summed E-state index contributed by atoms with van der Waals surface area (Å²) in [6.07, 6.45) is 7.19. The molecule has 0 spiro atoms. The molecule has 7 heteroatoms. The van der Waals surface area contributed by atoms with E-state index in [0.29, 0.717) is 25.5 Å². The maximum absolute atomic E-state index is 12.2. The van der Waals surface area contributed by atoms with E-state index in [1.807, 2.05) is 24.3 Å². The molecule has 1 amide bonds. The summed E-state index contributed by atoms with van der Waals surface area (Å²) in [5, 5.41) is 2.94. The third-order valence-electron chi connectivity index (χ3n) is 5.39. The second kappa shape index (κ2) is 10.6. The van der Waals surface area contributed by atoms with Gasteiger partial charge >= 0.3 is 0 Å². The SMILES string of the molecule is CNS(=O)(=O)c1ccc(CCC(=O)NCc2cccc(OC3CCCCC3)c2)cc1. The van der Waals surface area contributed by atoms with Gasteiger partial charge in [-0.1, -0.05) is 30.7 Å². The predicted octanol–water partition coefficient (Wildman–Crippen LogP) is 3.56. The first-order valence-corrected chi connectivity index (χ1v) is 12.0. The van der Waals surface area contributed by atoms with E-state index < -0.39 is 10.0 Å². The molecule has 0 saturated heterocycles. The quantitative estimate of drug-likeness (QED) is 0.637. The van der Waals surface area contributed by atoms with Gasteiger partial charge in [0.1, 0.15) is 5.75 Å². The van der Waals surface area contributed by atoms with Crippen LogP contribution < -0.4 is 14.8 Å². The fourth-order valence-electron chi connectivity index (χ4n) is 3.60. The first-order valence-electron chi connectivity index (χ1n) is 10.5. The van der Waals surface area contributed by atoms with E-state index in [2.05, 4.69) is 10.0 Å². The maximum atomic E-state index is 12.2. The number of carbonyl (C=O) groups excluding carboxylic acids is 1. The van der Waals surface area contributed by atoms with Crippen LogP contribution in [-0.4, -0.2) is 27.5 Å². The minimum absolute atomic E-state index is 0.0412. The molecule has 0 heterocycles. The standard InChI is InChI=1S/C23H30N2O4S/c1-24-30(27,28)22-13-10-18(11-14-22)12-15-23(26)25-17-19-6-5-9-21(16-19)29-20-7-3-2-4-8-20/h5-6,9-11,13-14,16,20,24H,2-4,7-8,12,15,17H2,1H3,(H,25,26). The van der Waals surface area contributed by atoms with Gasteiger partial charge in [0.15, 0.2) is 0 Å². The average Bonchev–Trinajstić information content (AvgIpc) is 2.77. The molecule has 2 aromatic rings. The average molecular weight is 431 g/mol. The third-order valence-corrected chi connectivity index (χ3v) is 6.82. The first-order chi connectivity index (χ1) is 14.5. The van der Waals surface area contributed by atoms with E-state index in [4.69, 9.17) is 4.74 Å². The molecular weight excluding hydrogens is 400 g/mol. The van der Waals surface area contributed by atoms with Gasteiger partial charge < -0.3 is 10.1 Å². The molecule has 6 nitrogen and oxygen atoms in total. The Bertz CT molecular complexity index is 936. The van der Waals surface area contributed by atoms with Gasteiger partial charge in [0.2, 0.25) is 15.9 Å². The molecule has 3 rings (SSSR count). The molecule has 1 saturated carbocycles. The first kappa shape index (κ1) is 22.3. The molecular formula is C23H30N2O4S. The number of benzene rings is 2. The summed E-state index contributed by atoms with van der Waals surface area (Å²) < 4.78 is 31.9. The molecule has 2 N–H and O–H groups in total. The molecule has 0 bridgehead atoms. The topological polar surface area (TPSA) is 84.5 Å². The number of hydrogen-bond acceptors (Lipinski definition) is 4. The van der Waals surface area contributed by atoms with E-state index in [1.165, 1.54) is 26.3 Å². The van der Waals surface area contributed by atoms with E-state index in [1.54, 1.807) is 24.3 Å². The zero-order valence-electron chi connectivity index (χ0n) is 17.4. The van der Waals surface area contributed by atoms with Crippen molar-refractivity contribution in [3.8, 4) is 5.75 Å². The molecule has 0 radical (unpaired) electrons. The predicted molar refractivity (Wildman–Crippen MR) is 117 cm³/mol. The minimum atomic E-state index is -3.44. The van der Waals surface area contributed by atoms with Crippen LogP contribution in [0.2, 0.25) is 0 Å². The van der Waals surface area contributed by atoms with E-state index in [-0.39, 0.29) is 10.8 Å². The van der Waals surface area contributed by atoms with Crippen LogP contribution >= 0.6 is 0 Å². The van der Waals surface area contributed by atoms with Crippen LogP contribution in [0.15, 0.2) is 53.4 Å². The second-order valence-electron chi connectivity index (χ2n) is 7.65. The van der Waals surface area contributed by atoms with Crippen molar-refractivity contribution < 1.29 is 17.9 Å². The molecule has 0 aromatic heterocycles. The number of nitrogens with one attached hydrogen (secondary N) is 2. The summed E-state index contributed by atoms with van der Waals surface area (Å²) in [5.41, 5.74) is 1.93. The molecule has 162 valence electrons. The molecule has 0 atom stereocenters. The van der Waals surface area contributed by atoms with E-state index in [9.17, 15) is 13.2 Å². The van der Waals surface area contributed by atoms with Crippen molar-refractivity contribution in [3.63, 3.8) is 0 Å². The number of sulfonamides is 1. The molecule has 1 aliphatic carbocycles. The van der Waals surface area contributed by atoms with Crippen molar-refractivity contribution >= 4 is 15.9 Å². The van der Waals surface area contributed by atoms with Crippen LogP contribution in [0.25, 0.3) is 0 Å². The van der Waals surface area contributed by atoms with Crippen LogP contribution in [0.1, 0.15) is 49.7 Å². The zero-order chi connectivity index (χ0) is 21.4. The largest absolute Gasteiger partial charge is 0.490 e. The van der Waals surface area contributed by atoms with Gasteiger partial charge in [0.05, 0.1) is 11.0 Å². The Morgan fingerprint density at radius 2 is 1.77 bits per heavy atom. The van der Waals surface area contributed by atoms with Crippen LogP contribution in [0.4, 0.5) is 0 Å². The number of hydrogen-bond donors (Lipinski definition) is 2. The fourth-order valence-corrected chi connectivity index (χ4v) is 4.33. The van der Waals surface area contributed by atoms with Crippen molar-refractivity contribution in [3.05, 3.63) is 59.7 Å². The highest BCUT2D eigenvalue weighted by atomic mass is 32.2. The fraction of sp³-hybridized carbons (Fsp3) is 0.435. The Hall–Kier alpha value is -2.38. The summed E-state index contributed by atoms with van der Waals surface area (Å²) in [6.45, 7) is 0.458. The van der Waals surface area contributed by atoms with Crippen LogP contribution in [0.5, 0.6) is 5.75 Å². The third kappa shape index (κ3) is 6.57. The highest BCUT2D eigenvalue weighted by Gasteiger charge is 2.15. The Balaban J connectivity index is 1.45. The van der Waals surface area contributed by atoms with Gasteiger partial charge in [-0.15, -0.1) is 0 Å². The lowest BCUT2D eigenvalue weighted by Gasteiger charge is -2.23. The van der Waals surface area contributed by atoms with Gasteiger partial charge in [-0.2, -0.15) is 0 Å². The Kier molecular flexibility index (Phi) is 7.87. The van der Waals surface area contributed by atoms with Crippen LogP contribution in [-0.2, 0) is 27.8 Å². The number of rotatable bonds is 9. The monoisotopic (exact) mass is 430 g/mol. The number of ether oxygens (including phenoxy) is 1. The van der Waals surface area contributed by atoms with Gasteiger partial charge in [-0.25, -0.2) is 13.1 Å². The maximum Gasteiger partial charge on any atom is 0.240 e. The molecule has 0 unspecified atom stereocenters. The molecule has 0 aliphatic heterocycles. The van der Waals surface area contributed by atoms with E-state index in [0.717, 1.165) is 29.7 Å². The Morgan fingerprint density at radius 1 is 1.03 bits per heavy atom. The number of amides is 1. The number of carbonyl (C=O) groups is 1. The summed E-state index contributed by atoms with van der Waals surface area (Å²) in [7, 11) is -2.06. The van der Waals surface area contributed by atoms with Gasteiger partial charge in [0.25, 0.3) is 0 Å². The van der Waals surface area contributed by atoms with Crippen LogP contribution in [0.3, 0.4) is 0 Å². The summed E-state index contributed by atoms with van der Waals surface area (Å²) in [4.78, 5) is 12.4. The highest BCUT2D eigenvalue weighted by molar-refractivity contribution is 7.89. The minimum Gasteiger partial charge on any atom is -0.490 e. The summed E-state index contributed by atoms with van der Waals surface area (Å²) >= 11 is 0. The molecule has 30 heavy (non-hydrogen) atoms. The lowest BCUT2D eigenvalue weighted by molar-refractivity contribution is -0.121. The normalized spacial score (nSPS) is 15.0. The molecule has 1 aliphatic rings. The highest BCUT2D eigenvalue weighted by Crippen LogP contribution is 2.24. The summed E-state index contributed by atoms with van der Waals surface area (Å²) in [5.74, 6) is 0.825. The second-order valence-corrected chi connectivity index (χ2v) is 9.54. The van der Waals surface area contributed by atoms with Crippen molar-refractivity contribution in [2.24, 2.45) is 0 Å². The van der Waals surface area contributed by atoms with Crippen molar-refractivity contribution in [1.29, 1.82) is 0 Å². The van der Waals surface area contributed by atoms with Gasteiger partial charge in [0, 0.05) is 13.0 Å². The van der Waals surface area contributed by atoms with Crippen molar-refractivity contribution in [2.75, 3.05) is 7.05 Å². The molecule has 2 aromatic carbocycles. The molecule has 1 fully saturated rings. The lowest BCUT2D eigenvalue weighted by Crippen LogP contribution is -2.23. The van der Waals surface area contributed by atoms with Gasteiger partial charge in [-0.05, 0) is 74.5 Å². The number of aryl methyl sites for hydroxylation is 1. The Morgan fingerprint density at radius 3 is 2.47 bits per heavy atom. The van der Waals surface area contributed by atoms with Crippen molar-refractivity contribution in [2.45, 2.75) is 62.5 Å². The Labute approximate surface area is 179 Å². The zero-order valence-corrected chi connectivity index (χ0v) is 18.2. The lowest BCUT2D eigenvalue weighted by atomic mass is 9.98. The summed E-state index contributed by atoms with van der Waals surface area (Å²) in [6, 6.07) is 14.5. The van der Waals surface area contributed by atoms with Crippen LogP contribution in [0, 0.1) is 0 Å². The van der Waals surface area contributed by atoms with Crippen molar-refractivity contribution in [1.82, 2.24) is 10.0 Å². The van der Waals surface area contributed by atoms with Gasteiger partial charge in [-0.3, -0.25) is 4.79 Å².